The molecule has 7 heteroatoms. The highest BCUT2D eigenvalue weighted by atomic mass is 16.5. The van der Waals surface area contributed by atoms with Crippen molar-refractivity contribution in [1.82, 2.24) is 9.55 Å². The van der Waals surface area contributed by atoms with E-state index in [4.69, 9.17) is 4.74 Å². The monoisotopic (exact) mass is 364 g/mol. The third-order valence-corrected chi connectivity index (χ3v) is 4.89. The second-order valence-electron chi connectivity index (χ2n) is 6.42. The van der Waals surface area contributed by atoms with Crippen LogP contribution in [0.1, 0.15) is 38.7 Å². The Morgan fingerprint density at radius 1 is 1.04 bits per heavy atom. The summed E-state index contributed by atoms with van der Waals surface area (Å²) in [5.41, 5.74) is 1.17. The van der Waals surface area contributed by atoms with Gasteiger partial charge in [-0.2, -0.15) is 0 Å². The average Bonchev–Trinajstić information content (AvgIpc) is 2.95. The molecule has 136 valence electrons. The molecule has 1 aromatic heterocycles. The third kappa shape index (κ3) is 2.47. The summed E-state index contributed by atoms with van der Waals surface area (Å²) in [5, 5.41) is 10.8. The molecule has 0 aliphatic carbocycles. The quantitative estimate of drug-likeness (QED) is 0.678. The van der Waals surface area contributed by atoms with Crippen molar-refractivity contribution in [1.29, 1.82) is 0 Å². The van der Waals surface area contributed by atoms with Crippen molar-refractivity contribution in [3.05, 3.63) is 91.1 Å². The highest BCUT2D eigenvalue weighted by Crippen LogP contribution is 2.37. The van der Waals surface area contributed by atoms with E-state index in [1.54, 1.807) is 36.4 Å². The van der Waals surface area contributed by atoms with Crippen molar-refractivity contribution in [2.45, 2.75) is 20.0 Å². The Kier molecular flexibility index (Phi) is 3.73. The van der Waals surface area contributed by atoms with Crippen LogP contribution in [-0.4, -0.2) is 20.6 Å². The van der Waals surface area contributed by atoms with Crippen LogP contribution in [0.15, 0.2) is 52.1 Å². The van der Waals surface area contributed by atoms with Crippen LogP contribution in [0.2, 0.25) is 0 Å². The first-order valence-electron chi connectivity index (χ1n) is 8.35. The number of fused-ring (bicyclic) bond motifs is 1. The van der Waals surface area contributed by atoms with E-state index < -0.39 is 29.2 Å². The van der Waals surface area contributed by atoms with E-state index in [1.165, 1.54) is 0 Å². The molecule has 0 fully saturated rings. The first-order chi connectivity index (χ1) is 12.9. The fourth-order valence-corrected chi connectivity index (χ4v) is 3.34. The molecule has 2 aromatic carbocycles. The van der Waals surface area contributed by atoms with Gasteiger partial charge in [0.25, 0.3) is 5.56 Å². The number of hydrogen-bond acceptors (Lipinski definition) is 5. The van der Waals surface area contributed by atoms with Crippen molar-refractivity contribution in [3.63, 3.8) is 0 Å². The van der Waals surface area contributed by atoms with Gasteiger partial charge in [-0.05, 0) is 37.1 Å². The van der Waals surface area contributed by atoms with Gasteiger partial charge in [0.1, 0.15) is 5.56 Å². The number of H-pyrrole nitrogens is 1. The van der Waals surface area contributed by atoms with Crippen molar-refractivity contribution < 1.29 is 14.6 Å². The minimum absolute atomic E-state index is 0.186. The van der Waals surface area contributed by atoms with Gasteiger partial charge in [-0.15, -0.1) is 0 Å². The summed E-state index contributed by atoms with van der Waals surface area (Å²) in [6.45, 7) is 3.69. The summed E-state index contributed by atoms with van der Waals surface area (Å²) in [6.07, 6.45) is -1.09. The molecule has 1 aliphatic heterocycles. The zero-order valence-corrected chi connectivity index (χ0v) is 14.6. The Morgan fingerprint density at radius 3 is 2.56 bits per heavy atom. The van der Waals surface area contributed by atoms with Crippen LogP contribution in [0.5, 0.6) is 5.88 Å². The summed E-state index contributed by atoms with van der Waals surface area (Å²) >= 11 is 0. The van der Waals surface area contributed by atoms with Crippen LogP contribution in [-0.2, 0) is 4.74 Å². The van der Waals surface area contributed by atoms with Gasteiger partial charge >= 0.3 is 11.7 Å². The molecule has 27 heavy (non-hydrogen) atoms. The third-order valence-electron chi connectivity index (χ3n) is 4.89. The van der Waals surface area contributed by atoms with E-state index in [-0.39, 0.29) is 5.56 Å². The molecular formula is C20H16N2O5. The summed E-state index contributed by atoms with van der Waals surface area (Å²) in [4.78, 5) is 39.2. The summed E-state index contributed by atoms with van der Waals surface area (Å²) < 4.78 is 6.35. The number of aromatic amines is 1. The molecule has 7 nitrogen and oxygen atoms in total. The molecule has 0 bridgehead atoms. The number of carbonyl (C=O) groups is 1. The molecule has 0 spiro atoms. The van der Waals surface area contributed by atoms with Gasteiger partial charge in [0.05, 0.1) is 11.3 Å². The number of carbonyl (C=O) groups excluding carboxylic acids is 1. The molecule has 0 radical (unpaired) electrons. The number of cyclic esters (lactones) is 1. The molecule has 0 saturated carbocycles. The van der Waals surface area contributed by atoms with Crippen LogP contribution >= 0.6 is 0 Å². The van der Waals surface area contributed by atoms with E-state index in [9.17, 15) is 19.5 Å². The Labute approximate surface area is 153 Å². The number of nitrogens with one attached hydrogen (secondary N) is 1. The van der Waals surface area contributed by atoms with E-state index in [1.807, 2.05) is 19.9 Å². The van der Waals surface area contributed by atoms with Crippen molar-refractivity contribution in [2.24, 2.45) is 0 Å². The molecule has 2 heterocycles. The molecular weight excluding hydrogens is 348 g/mol. The number of nitrogens with zero attached hydrogens (tertiary/aromatic N) is 1. The molecule has 0 amide bonds. The maximum atomic E-state index is 12.5. The van der Waals surface area contributed by atoms with E-state index in [2.05, 4.69) is 4.98 Å². The van der Waals surface area contributed by atoms with Crippen LogP contribution in [0.25, 0.3) is 5.69 Å². The largest absolute Gasteiger partial charge is 0.494 e. The topological polar surface area (TPSA) is 101 Å². The molecule has 2 N–H and O–H groups in total. The first-order valence-corrected chi connectivity index (χ1v) is 8.35. The maximum Gasteiger partial charge on any atom is 0.339 e. The van der Waals surface area contributed by atoms with Gasteiger partial charge in [0.15, 0.2) is 6.10 Å². The lowest BCUT2D eigenvalue weighted by Gasteiger charge is -2.17. The fraction of sp³-hybridized carbons (Fsp3) is 0.150. The predicted molar refractivity (Wildman–Crippen MR) is 97.5 cm³/mol. The SMILES string of the molecule is Cc1cccc(-n2c(O)c([C@H]3OC(=O)c4ccccc43)c(=O)[nH]c2=O)c1C. The molecule has 1 atom stereocenters. The smallest absolute Gasteiger partial charge is 0.339 e. The molecule has 3 aromatic rings. The Balaban J connectivity index is 2.00. The molecule has 4 rings (SSSR count). The highest BCUT2D eigenvalue weighted by molar-refractivity contribution is 5.94. The minimum Gasteiger partial charge on any atom is -0.494 e. The lowest BCUT2D eigenvalue weighted by molar-refractivity contribution is 0.0449. The standard InChI is InChI=1S/C20H16N2O5/c1-10-6-5-9-14(11(10)2)22-18(24)15(17(23)21-20(22)26)16-12-7-3-4-8-13(12)19(25)27-16/h3-9,16,24H,1-2H3,(H,21,23,26)/t16-/m0/s1. The number of aryl methyl sites for hydroxylation is 1. The van der Waals surface area contributed by atoms with Crippen molar-refractivity contribution >= 4 is 5.97 Å². The highest BCUT2D eigenvalue weighted by Gasteiger charge is 2.36. The number of aromatic nitrogens is 2. The number of esters is 1. The number of ether oxygens (including phenoxy) is 1. The Hall–Kier alpha value is -3.61. The first kappa shape index (κ1) is 16.8. The Bertz CT molecular complexity index is 1210. The van der Waals surface area contributed by atoms with Gasteiger partial charge in [-0.25, -0.2) is 14.2 Å². The lowest BCUT2D eigenvalue weighted by Crippen LogP contribution is -2.33. The summed E-state index contributed by atoms with van der Waals surface area (Å²) in [7, 11) is 0. The molecule has 1 aliphatic rings. The fourth-order valence-electron chi connectivity index (χ4n) is 3.34. The van der Waals surface area contributed by atoms with Crippen LogP contribution < -0.4 is 11.2 Å². The average molecular weight is 364 g/mol. The van der Waals surface area contributed by atoms with Crippen LogP contribution in [0, 0.1) is 13.8 Å². The van der Waals surface area contributed by atoms with Crippen LogP contribution in [0.3, 0.4) is 0 Å². The molecule has 0 saturated heterocycles. The number of aromatic hydroxyl groups is 1. The predicted octanol–water partition coefficient (Wildman–Crippen LogP) is 2.11. The van der Waals surface area contributed by atoms with Gasteiger partial charge in [-0.1, -0.05) is 30.3 Å². The zero-order chi connectivity index (χ0) is 19.3. The number of rotatable bonds is 2. The lowest BCUT2D eigenvalue weighted by atomic mass is 10.0. The van der Waals surface area contributed by atoms with Crippen LogP contribution in [0.4, 0.5) is 0 Å². The summed E-state index contributed by atoms with van der Waals surface area (Å²) in [6, 6.07) is 11.9. The van der Waals surface area contributed by atoms with Gasteiger partial charge in [0, 0.05) is 5.56 Å². The number of benzene rings is 2. The Morgan fingerprint density at radius 2 is 1.78 bits per heavy atom. The zero-order valence-electron chi connectivity index (χ0n) is 14.6. The second kappa shape index (κ2) is 5.98. The second-order valence-corrected chi connectivity index (χ2v) is 6.42. The molecule has 0 unspecified atom stereocenters. The van der Waals surface area contributed by atoms with Crippen molar-refractivity contribution in [2.75, 3.05) is 0 Å². The van der Waals surface area contributed by atoms with Gasteiger partial charge in [0.2, 0.25) is 5.88 Å². The van der Waals surface area contributed by atoms with Gasteiger partial charge in [-0.3, -0.25) is 9.78 Å². The maximum absolute atomic E-state index is 12.5. The van der Waals surface area contributed by atoms with Crippen molar-refractivity contribution in [3.8, 4) is 11.6 Å². The van der Waals surface area contributed by atoms with E-state index >= 15 is 0 Å². The van der Waals surface area contributed by atoms with E-state index in [0.29, 0.717) is 16.8 Å². The van der Waals surface area contributed by atoms with Gasteiger partial charge < -0.3 is 9.84 Å². The minimum atomic E-state index is -1.09. The van der Waals surface area contributed by atoms with E-state index in [0.717, 1.165) is 15.7 Å². The normalized spacial score (nSPS) is 15.5. The summed E-state index contributed by atoms with van der Waals surface area (Å²) in [5.74, 6) is -1.13. The number of hydrogen-bond donors (Lipinski definition) is 2.